The van der Waals surface area contributed by atoms with Crippen molar-refractivity contribution in [1.29, 1.82) is 0 Å². The van der Waals surface area contributed by atoms with Gasteiger partial charge in [-0.2, -0.15) is 5.10 Å². The highest BCUT2D eigenvalue weighted by Crippen LogP contribution is 2.31. The molecule has 31 heavy (non-hydrogen) atoms. The summed E-state index contributed by atoms with van der Waals surface area (Å²) in [6.07, 6.45) is 3.65. The van der Waals surface area contributed by atoms with E-state index in [0.717, 1.165) is 23.0 Å². The monoisotopic (exact) mass is 539 g/mol. The molecule has 2 N–H and O–H groups in total. The molecule has 1 heterocycles. The number of aryl methyl sites for hydroxylation is 1. The summed E-state index contributed by atoms with van der Waals surface area (Å²) in [5.74, 6) is -0.634. The lowest BCUT2D eigenvalue weighted by molar-refractivity contribution is 0.0952. The summed E-state index contributed by atoms with van der Waals surface area (Å²) >= 11 is 6.55. The number of amides is 1. The van der Waals surface area contributed by atoms with Gasteiger partial charge >= 0.3 is 0 Å². The van der Waals surface area contributed by atoms with Crippen LogP contribution in [0.25, 0.3) is 10.9 Å². The number of carbonyl (C=O) groups is 1. The number of rotatable bonds is 5. The molecule has 0 saturated carbocycles. The van der Waals surface area contributed by atoms with Gasteiger partial charge in [0.2, 0.25) is 0 Å². The average molecular weight is 541 g/mol. The number of carbonyl (C=O) groups excluding carboxylic acids is 1. The molecule has 0 fully saturated rings. The zero-order valence-corrected chi connectivity index (χ0v) is 19.8. The van der Waals surface area contributed by atoms with Crippen LogP contribution in [0.5, 0.6) is 5.75 Å². The lowest BCUT2D eigenvalue weighted by atomic mass is 10.1. The van der Waals surface area contributed by atoms with E-state index in [1.807, 2.05) is 24.4 Å². The molecule has 7 heteroatoms. The third-order valence-corrected chi connectivity index (χ3v) is 5.96. The number of aromatic nitrogens is 1. The molecule has 4 rings (SSSR count). The van der Waals surface area contributed by atoms with E-state index >= 15 is 0 Å². The Kier molecular flexibility index (Phi) is 6.25. The molecule has 0 aliphatic carbocycles. The number of fused-ring (bicyclic) bond motifs is 1. The van der Waals surface area contributed by atoms with Crippen molar-refractivity contribution in [1.82, 2.24) is 9.99 Å². The van der Waals surface area contributed by atoms with Crippen LogP contribution in [0.1, 0.15) is 27.0 Å². The van der Waals surface area contributed by atoms with Gasteiger partial charge in [-0.05, 0) is 46.6 Å². The number of hydrogen-bond acceptors (Lipinski definition) is 3. The van der Waals surface area contributed by atoms with Gasteiger partial charge in [0.15, 0.2) is 0 Å². The molecule has 156 valence electrons. The zero-order valence-electron chi connectivity index (χ0n) is 16.6. The molecule has 0 saturated heterocycles. The van der Waals surface area contributed by atoms with Crippen LogP contribution in [0.4, 0.5) is 0 Å². The molecule has 3 aromatic carbocycles. The smallest absolute Gasteiger partial charge is 0.275 e. The summed E-state index contributed by atoms with van der Waals surface area (Å²) in [5.41, 5.74) is 7.04. The SMILES string of the molecule is Cc1cccc(Cn2cc(/C=N\NC(=O)c3cc(Br)cc(Br)c3O)c3ccccc32)c1. The summed E-state index contributed by atoms with van der Waals surface area (Å²) < 4.78 is 3.27. The van der Waals surface area contributed by atoms with Crippen molar-refractivity contribution in [2.75, 3.05) is 0 Å². The number of phenols is 1. The minimum absolute atomic E-state index is 0.125. The van der Waals surface area contributed by atoms with Gasteiger partial charge in [0, 0.05) is 33.7 Å². The molecule has 0 aliphatic heterocycles. The first kappa shape index (κ1) is 21.3. The normalized spacial score (nSPS) is 11.3. The highest BCUT2D eigenvalue weighted by atomic mass is 79.9. The molecule has 0 aliphatic rings. The van der Waals surface area contributed by atoms with Crippen molar-refractivity contribution in [3.05, 3.63) is 98.1 Å². The molecular formula is C24H19Br2N3O2. The molecule has 0 radical (unpaired) electrons. The summed E-state index contributed by atoms with van der Waals surface area (Å²) in [6, 6.07) is 19.7. The maximum atomic E-state index is 12.5. The van der Waals surface area contributed by atoms with Crippen molar-refractivity contribution < 1.29 is 9.90 Å². The van der Waals surface area contributed by atoms with Crippen molar-refractivity contribution >= 4 is 54.9 Å². The molecule has 1 aromatic heterocycles. The van der Waals surface area contributed by atoms with Crippen LogP contribution in [0.3, 0.4) is 0 Å². The van der Waals surface area contributed by atoms with E-state index in [0.29, 0.717) is 8.95 Å². The Hall–Kier alpha value is -2.90. The van der Waals surface area contributed by atoms with Crippen molar-refractivity contribution in [3.63, 3.8) is 0 Å². The number of para-hydroxylation sites is 1. The summed E-state index contributed by atoms with van der Waals surface area (Å²) in [7, 11) is 0. The highest BCUT2D eigenvalue weighted by molar-refractivity contribution is 9.11. The van der Waals surface area contributed by atoms with Gasteiger partial charge in [0.1, 0.15) is 5.75 Å². The maximum Gasteiger partial charge on any atom is 0.275 e. The quantitative estimate of drug-likeness (QED) is 0.241. The zero-order chi connectivity index (χ0) is 22.0. The summed E-state index contributed by atoms with van der Waals surface area (Å²) in [5, 5.41) is 15.3. The molecule has 0 spiro atoms. The molecule has 0 unspecified atom stereocenters. The van der Waals surface area contributed by atoms with E-state index in [1.165, 1.54) is 11.1 Å². The Morgan fingerprint density at radius 3 is 2.74 bits per heavy atom. The Bertz CT molecular complexity index is 1310. The van der Waals surface area contributed by atoms with Gasteiger partial charge in [-0.1, -0.05) is 64.0 Å². The second-order valence-corrected chi connectivity index (χ2v) is 8.97. The maximum absolute atomic E-state index is 12.5. The fourth-order valence-electron chi connectivity index (χ4n) is 3.48. The van der Waals surface area contributed by atoms with Crippen molar-refractivity contribution in [2.45, 2.75) is 13.5 Å². The van der Waals surface area contributed by atoms with Crippen LogP contribution < -0.4 is 5.43 Å². The predicted octanol–water partition coefficient (Wildman–Crippen LogP) is 5.99. The number of hydrazone groups is 1. The van der Waals surface area contributed by atoms with E-state index in [1.54, 1.807) is 18.3 Å². The molecule has 1 amide bonds. The van der Waals surface area contributed by atoms with Gasteiger partial charge in [-0.3, -0.25) is 4.79 Å². The first-order chi connectivity index (χ1) is 14.9. The Balaban J connectivity index is 1.59. The topological polar surface area (TPSA) is 66.6 Å². The highest BCUT2D eigenvalue weighted by Gasteiger charge is 2.14. The molecule has 0 atom stereocenters. The molecule has 0 bridgehead atoms. The fraction of sp³-hybridized carbons (Fsp3) is 0.0833. The minimum atomic E-state index is -0.501. The lowest BCUT2D eigenvalue weighted by Crippen LogP contribution is -2.17. The third-order valence-electron chi connectivity index (χ3n) is 4.90. The van der Waals surface area contributed by atoms with Crippen LogP contribution in [0, 0.1) is 6.92 Å². The Morgan fingerprint density at radius 1 is 1.13 bits per heavy atom. The number of hydrogen-bond donors (Lipinski definition) is 2. The first-order valence-corrected chi connectivity index (χ1v) is 11.2. The largest absolute Gasteiger partial charge is 0.506 e. The predicted molar refractivity (Wildman–Crippen MR) is 131 cm³/mol. The third kappa shape index (κ3) is 4.73. The molecule has 4 aromatic rings. The van der Waals surface area contributed by atoms with E-state index in [9.17, 15) is 9.90 Å². The number of nitrogens with zero attached hydrogens (tertiary/aromatic N) is 2. The average Bonchev–Trinajstić information content (AvgIpc) is 3.08. The number of aromatic hydroxyl groups is 1. The van der Waals surface area contributed by atoms with E-state index in [2.05, 4.69) is 84.2 Å². The number of benzene rings is 3. The first-order valence-electron chi connectivity index (χ1n) is 9.57. The Labute approximate surface area is 196 Å². The van der Waals surface area contributed by atoms with E-state index in [4.69, 9.17) is 0 Å². The van der Waals surface area contributed by atoms with Gasteiger partial charge in [-0.25, -0.2) is 5.43 Å². The van der Waals surface area contributed by atoms with Crippen LogP contribution in [-0.4, -0.2) is 21.8 Å². The Morgan fingerprint density at radius 2 is 1.94 bits per heavy atom. The van der Waals surface area contributed by atoms with Crippen molar-refractivity contribution in [2.24, 2.45) is 5.10 Å². The standard InChI is InChI=1S/C24H19Br2N3O2/c1-15-5-4-6-16(9-15)13-29-14-17(19-7-2-3-8-22(19)29)12-27-28-24(31)20-10-18(25)11-21(26)23(20)30/h2-12,14,30H,13H2,1H3,(H,28,31)/b27-12-. The number of nitrogens with one attached hydrogen (secondary N) is 1. The van der Waals surface area contributed by atoms with Gasteiger partial charge in [0.05, 0.1) is 16.3 Å². The van der Waals surface area contributed by atoms with E-state index in [-0.39, 0.29) is 11.3 Å². The fourth-order valence-corrected chi connectivity index (χ4v) is 4.70. The van der Waals surface area contributed by atoms with Gasteiger partial charge in [-0.15, -0.1) is 0 Å². The van der Waals surface area contributed by atoms with Crippen LogP contribution in [0.2, 0.25) is 0 Å². The van der Waals surface area contributed by atoms with Gasteiger partial charge in [0.25, 0.3) is 5.91 Å². The summed E-state index contributed by atoms with van der Waals surface area (Å²) in [4.78, 5) is 12.5. The number of halogens is 2. The second kappa shape index (κ2) is 9.08. The minimum Gasteiger partial charge on any atom is -0.506 e. The molecule has 5 nitrogen and oxygen atoms in total. The van der Waals surface area contributed by atoms with Crippen molar-refractivity contribution in [3.8, 4) is 5.75 Å². The van der Waals surface area contributed by atoms with Crippen LogP contribution in [0.15, 0.2) is 80.9 Å². The van der Waals surface area contributed by atoms with Gasteiger partial charge < -0.3 is 9.67 Å². The van der Waals surface area contributed by atoms with E-state index < -0.39 is 5.91 Å². The van der Waals surface area contributed by atoms with Crippen LogP contribution in [-0.2, 0) is 6.54 Å². The lowest BCUT2D eigenvalue weighted by Gasteiger charge is -2.06. The summed E-state index contributed by atoms with van der Waals surface area (Å²) in [6.45, 7) is 2.82. The van der Waals surface area contributed by atoms with Crippen LogP contribution >= 0.6 is 31.9 Å². The number of phenolic OH excluding ortho intramolecular Hbond substituents is 1. The second-order valence-electron chi connectivity index (χ2n) is 7.20. The molecular weight excluding hydrogens is 522 g/mol.